The highest BCUT2D eigenvalue weighted by molar-refractivity contribution is 7.87. The maximum absolute atomic E-state index is 13.0. The molecule has 0 fully saturated rings. The summed E-state index contributed by atoms with van der Waals surface area (Å²) in [5.41, 5.74) is 2.71. The summed E-state index contributed by atoms with van der Waals surface area (Å²) in [6.07, 6.45) is 5.53. The van der Waals surface area contributed by atoms with Gasteiger partial charge in [0.2, 0.25) is 0 Å². The van der Waals surface area contributed by atoms with Crippen molar-refractivity contribution in [2.45, 2.75) is 24.2 Å². The van der Waals surface area contributed by atoms with E-state index in [0.29, 0.717) is 5.56 Å². The molecule has 0 unspecified atom stereocenters. The minimum atomic E-state index is -4.23. The zero-order chi connectivity index (χ0) is 21.0. The van der Waals surface area contributed by atoms with Crippen LogP contribution in [0.4, 0.5) is 0 Å². The van der Waals surface area contributed by atoms with Gasteiger partial charge in [0.15, 0.2) is 16.4 Å². The molecule has 0 aromatic heterocycles. The predicted octanol–water partition coefficient (Wildman–Crippen LogP) is 3.15. The zero-order valence-corrected chi connectivity index (χ0v) is 17.2. The first kappa shape index (κ1) is 20.7. The summed E-state index contributed by atoms with van der Waals surface area (Å²) in [5, 5.41) is 0. The molecule has 0 radical (unpaired) electrons. The molecule has 0 aliphatic heterocycles. The Morgan fingerprint density at radius 2 is 1.76 bits per heavy atom. The molecule has 0 saturated heterocycles. The lowest BCUT2D eigenvalue weighted by Gasteiger charge is -2.15. The number of carbonyl (C=O) groups excluding carboxylic acids is 1. The molecule has 29 heavy (non-hydrogen) atoms. The van der Waals surface area contributed by atoms with E-state index in [9.17, 15) is 13.2 Å². The summed E-state index contributed by atoms with van der Waals surface area (Å²) in [4.78, 5) is 11.2. The van der Waals surface area contributed by atoms with Crippen molar-refractivity contribution in [3.05, 3.63) is 53.1 Å². The Hall–Kier alpha value is -3.00. The molecule has 0 atom stereocenters. The third kappa shape index (κ3) is 4.54. The predicted molar refractivity (Wildman–Crippen MR) is 107 cm³/mol. The molecule has 3 rings (SSSR count). The van der Waals surface area contributed by atoms with Gasteiger partial charge in [0.05, 0.1) is 21.3 Å². The molecule has 0 N–H and O–H groups in total. The van der Waals surface area contributed by atoms with Crippen LogP contribution in [-0.2, 0) is 32.5 Å². The molecule has 7 nitrogen and oxygen atoms in total. The smallest absolute Gasteiger partial charge is 0.343 e. The lowest BCUT2D eigenvalue weighted by molar-refractivity contribution is -0.134. The van der Waals surface area contributed by atoms with E-state index in [1.807, 2.05) is 6.07 Å². The molecule has 1 aliphatic rings. The summed E-state index contributed by atoms with van der Waals surface area (Å²) < 4.78 is 46.5. The van der Waals surface area contributed by atoms with Crippen LogP contribution in [0.15, 0.2) is 41.3 Å². The van der Waals surface area contributed by atoms with Gasteiger partial charge in [-0.25, -0.2) is 4.79 Å². The number of carbonyl (C=O) groups is 1. The number of hydrogen-bond acceptors (Lipinski definition) is 7. The average molecular weight is 418 g/mol. The average Bonchev–Trinajstić information content (AvgIpc) is 3.18. The van der Waals surface area contributed by atoms with Gasteiger partial charge in [-0.05, 0) is 66.3 Å². The number of methoxy groups -OCH3 is 3. The van der Waals surface area contributed by atoms with Gasteiger partial charge >= 0.3 is 16.1 Å². The number of rotatable bonds is 7. The molecule has 0 spiro atoms. The SMILES string of the molecule is COC(=O)/C=C\c1cc(OC)c(OC)c(S(=O)(=O)Oc2ccc3c(c2)CCC3)c1. The highest BCUT2D eigenvalue weighted by atomic mass is 32.2. The maximum atomic E-state index is 13.0. The fraction of sp³-hybridized carbons (Fsp3) is 0.286. The second kappa shape index (κ2) is 8.57. The fourth-order valence-electron chi connectivity index (χ4n) is 3.24. The second-order valence-electron chi connectivity index (χ2n) is 6.43. The topological polar surface area (TPSA) is 88.1 Å². The molecule has 0 saturated carbocycles. The second-order valence-corrected chi connectivity index (χ2v) is 7.95. The number of aryl methyl sites for hydroxylation is 2. The monoisotopic (exact) mass is 418 g/mol. The van der Waals surface area contributed by atoms with Crippen molar-refractivity contribution in [3.8, 4) is 17.2 Å². The fourth-order valence-corrected chi connectivity index (χ4v) is 4.37. The Morgan fingerprint density at radius 1 is 1.00 bits per heavy atom. The van der Waals surface area contributed by atoms with E-state index in [1.54, 1.807) is 18.2 Å². The van der Waals surface area contributed by atoms with E-state index in [4.69, 9.17) is 13.7 Å². The number of hydrogen-bond donors (Lipinski definition) is 0. The molecule has 0 heterocycles. The molecule has 154 valence electrons. The van der Waals surface area contributed by atoms with Crippen LogP contribution in [0.25, 0.3) is 6.08 Å². The lowest BCUT2D eigenvalue weighted by atomic mass is 10.1. The van der Waals surface area contributed by atoms with Gasteiger partial charge in [-0.1, -0.05) is 6.07 Å². The van der Waals surface area contributed by atoms with E-state index in [2.05, 4.69) is 4.74 Å². The molecular formula is C21H22O7S. The molecule has 2 aromatic carbocycles. The Bertz CT molecular complexity index is 1050. The maximum Gasteiger partial charge on any atom is 0.343 e. The van der Waals surface area contributed by atoms with Crippen molar-refractivity contribution in [2.24, 2.45) is 0 Å². The van der Waals surface area contributed by atoms with Crippen molar-refractivity contribution in [1.82, 2.24) is 0 Å². The highest BCUT2D eigenvalue weighted by Crippen LogP contribution is 2.37. The molecule has 1 aliphatic carbocycles. The van der Waals surface area contributed by atoms with Gasteiger partial charge in [-0.3, -0.25) is 0 Å². The highest BCUT2D eigenvalue weighted by Gasteiger charge is 2.26. The number of fused-ring (bicyclic) bond motifs is 1. The molecule has 0 bridgehead atoms. The number of ether oxygens (including phenoxy) is 3. The van der Waals surface area contributed by atoms with E-state index >= 15 is 0 Å². The standard InChI is InChI=1S/C21H22O7S/c1-25-18-11-14(7-10-20(22)26-2)12-19(21(18)27-3)29(23,24)28-17-9-8-15-5-4-6-16(15)13-17/h7-13H,4-6H2,1-3H3/b10-7-. The van der Waals surface area contributed by atoms with E-state index < -0.39 is 16.1 Å². The minimum absolute atomic E-state index is 0.0175. The van der Waals surface area contributed by atoms with E-state index in [1.165, 1.54) is 45.1 Å². The first-order valence-corrected chi connectivity index (χ1v) is 10.4. The minimum Gasteiger partial charge on any atom is -0.493 e. The first-order chi connectivity index (χ1) is 13.9. The van der Waals surface area contributed by atoms with Crippen LogP contribution in [0.3, 0.4) is 0 Å². The van der Waals surface area contributed by atoms with Crippen LogP contribution < -0.4 is 13.7 Å². The molecular weight excluding hydrogens is 396 g/mol. The van der Waals surface area contributed by atoms with Crippen LogP contribution in [0.1, 0.15) is 23.1 Å². The molecule has 2 aromatic rings. The summed E-state index contributed by atoms with van der Waals surface area (Å²) in [5.74, 6) is -0.125. The van der Waals surface area contributed by atoms with Crippen LogP contribution in [-0.4, -0.2) is 35.7 Å². The normalized spacial score (nSPS) is 13.2. The van der Waals surface area contributed by atoms with Gasteiger partial charge in [-0.2, -0.15) is 8.42 Å². The Balaban J connectivity index is 2.02. The van der Waals surface area contributed by atoms with Crippen molar-refractivity contribution >= 4 is 22.2 Å². The van der Waals surface area contributed by atoms with Gasteiger partial charge in [0.25, 0.3) is 0 Å². The van der Waals surface area contributed by atoms with Crippen LogP contribution >= 0.6 is 0 Å². The van der Waals surface area contributed by atoms with Crippen LogP contribution in [0.2, 0.25) is 0 Å². The van der Waals surface area contributed by atoms with E-state index in [-0.39, 0.29) is 22.1 Å². The number of esters is 1. The Kier molecular flexibility index (Phi) is 6.12. The summed E-state index contributed by atoms with van der Waals surface area (Å²) in [7, 11) is -0.240. The third-order valence-electron chi connectivity index (χ3n) is 4.63. The van der Waals surface area contributed by atoms with Gasteiger partial charge in [0, 0.05) is 6.08 Å². The zero-order valence-electron chi connectivity index (χ0n) is 16.4. The van der Waals surface area contributed by atoms with Crippen LogP contribution in [0, 0.1) is 0 Å². The van der Waals surface area contributed by atoms with Crippen molar-refractivity contribution in [3.63, 3.8) is 0 Å². The number of benzene rings is 2. The van der Waals surface area contributed by atoms with Crippen LogP contribution in [0.5, 0.6) is 17.2 Å². The molecule has 0 amide bonds. The van der Waals surface area contributed by atoms with Gasteiger partial charge in [-0.15, -0.1) is 0 Å². The van der Waals surface area contributed by atoms with Crippen molar-refractivity contribution in [2.75, 3.05) is 21.3 Å². The van der Waals surface area contributed by atoms with Crippen molar-refractivity contribution in [1.29, 1.82) is 0 Å². The summed E-state index contributed by atoms with van der Waals surface area (Å²) in [6.45, 7) is 0. The Morgan fingerprint density at radius 3 is 2.45 bits per heavy atom. The quantitative estimate of drug-likeness (QED) is 0.388. The Labute approximate surface area is 170 Å². The van der Waals surface area contributed by atoms with Gasteiger partial charge < -0.3 is 18.4 Å². The summed E-state index contributed by atoms with van der Waals surface area (Å²) in [6, 6.07) is 8.19. The van der Waals surface area contributed by atoms with Gasteiger partial charge in [0.1, 0.15) is 5.75 Å². The van der Waals surface area contributed by atoms with E-state index in [0.717, 1.165) is 24.8 Å². The third-order valence-corrected chi connectivity index (χ3v) is 5.88. The largest absolute Gasteiger partial charge is 0.493 e. The van der Waals surface area contributed by atoms with Crippen molar-refractivity contribution < 1.29 is 31.6 Å². The first-order valence-electron chi connectivity index (χ1n) is 8.96. The lowest BCUT2D eigenvalue weighted by Crippen LogP contribution is -2.12. The summed E-state index contributed by atoms with van der Waals surface area (Å²) >= 11 is 0. The molecule has 8 heteroatoms.